The number of carbonyl (C=O) groups excluding carboxylic acids is 3. The van der Waals surface area contributed by atoms with Crippen molar-refractivity contribution in [1.82, 2.24) is 14.8 Å². The van der Waals surface area contributed by atoms with Crippen molar-refractivity contribution in [2.45, 2.75) is 64.2 Å². The Balaban J connectivity index is 1.29. The highest BCUT2D eigenvalue weighted by Gasteiger charge is 2.67. The van der Waals surface area contributed by atoms with Crippen LogP contribution in [0.15, 0.2) is 12.2 Å². The number of ether oxygens (including phenoxy) is 1. The Morgan fingerprint density at radius 3 is 2.61 bits per heavy atom. The first-order valence-corrected chi connectivity index (χ1v) is 12.0. The van der Waals surface area contributed by atoms with E-state index < -0.39 is 17.4 Å². The number of aromatic nitrogens is 1. The van der Waals surface area contributed by atoms with Crippen LogP contribution in [-0.2, 0) is 14.3 Å². The van der Waals surface area contributed by atoms with Crippen molar-refractivity contribution in [2.24, 2.45) is 11.8 Å². The summed E-state index contributed by atoms with van der Waals surface area (Å²) in [5.41, 5.74) is 0.170. The lowest BCUT2D eigenvalue weighted by atomic mass is 9.76. The lowest BCUT2D eigenvalue weighted by molar-refractivity contribution is -0.144. The fourth-order valence-corrected chi connectivity index (χ4v) is 6.85. The lowest BCUT2D eigenvalue weighted by Gasteiger charge is -2.35. The second kappa shape index (κ2) is 7.24. The molecule has 0 saturated carbocycles. The van der Waals surface area contributed by atoms with Gasteiger partial charge in [-0.05, 0) is 33.6 Å². The summed E-state index contributed by atoms with van der Waals surface area (Å²) in [6.45, 7) is 9.30. The molecular formula is C23H29N3O4S. The molecule has 1 aromatic rings. The summed E-state index contributed by atoms with van der Waals surface area (Å²) in [4.78, 5) is 47.6. The largest absolute Gasteiger partial charge is 0.360 e. The third-order valence-electron chi connectivity index (χ3n) is 7.33. The van der Waals surface area contributed by atoms with Gasteiger partial charge in [-0.15, -0.1) is 11.3 Å². The van der Waals surface area contributed by atoms with Gasteiger partial charge >= 0.3 is 0 Å². The van der Waals surface area contributed by atoms with Crippen LogP contribution in [-0.4, -0.2) is 69.8 Å². The van der Waals surface area contributed by atoms with Gasteiger partial charge in [0, 0.05) is 32.0 Å². The van der Waals surface area contributed by atoms with Gasteiger partial charge in [-0.2, -0.15) is 0 Å². The second-order valence-corrected chi connectivity index (χ2v) is 10.6. The molecule has 0 aliphatic carbocycles. The second-order valence-electron chi connectivity index (χ2n) is 9.58. The van der Waals surface area contributed by atoms with Crippen molar-refractivity contribution in [3.63, 3.8) is 0 Å². The van der Waals surface area contributed by atoms with Crippen molar-refractivity contribution in [3.05, 3.63) is 27.7 Å². The summed E-state index contributed by atoms with van der Waals surface area (Å²) < 4.78 is 6.23. The van der Waals surface area contributed by atoms with Crippen LogP contribution in [0.3, 0.4) is 0 Å². The first kappa shape index (κ1) is 20.8. The molecule has 5 heterocycles. The number of amides is 2. The predicted molar refractivity (Wildman–Crippen MR) is 116 cm³/mol. The van der Waals surface area contributed by atoms with Crippen LogP contribution in [0.25, 0.3) is 0 Å². The molecule has 4 aliphatic heterocycles. The van der Waals surface area contributed by atoms with Gasteiger partial charge in [-0.3, -0.25) is 14.4 Å². The number of carbonyl (C=O) groups is 3. The van der Waals surface area contributed by atoms with E-state index in [0.29, 0.717) is 19.6 Å². The number of nitrogens with zero attached hydrogens (tertiary/aromatic N) is 3. The molecule has 3 saturated heterocycles. The quantitative estimate of drug-likeness (QED) is 0.528. The molecule has 4 atom stereocenters. The van der Waals surface area contributed by atoms with E-state index in [4.69, 9.17) is 4.74 Å². The van der Waals surface area contributed by atoms with E-state index in [-0.39, 0.29) is 35.7 Å². The van der Waals surface area contributed by atoms with E-state index in [0.717, 1.165) is 28.4 Å². The number of piperidine rings is 1. The van der Waals surface area contributed by atoms with Gasteiger partial charge in [0.25, 0.3) is 0 Å². The highest BCUT2D eigenvalue weighted by atomic mass is 32.1. The van der Waals surface area contributed by atoms with Gasteiger partial charge in [-0.1, -0.05) is 12.2 Å². The van der Waals surface area contributed by atoms with E-state index in [9.17, 15) is 14.4 Å². The fourth-order valence-electron chi connectivity index (χ4n) is 5.72. The molecule has 5 rings (SSSR count). The molecule has 166 valence electrons. The Bertz CT molecular complexity index is 977. The number of hydrogen-bond acceptors (Lipinski definition) is 6. The van der Waals surface area contributed by atoms with Crippen molar-refractivity contribution < 1.29 is 19.1 Å². The summed E-state index contributed by atoms with van der Waals surface area (Å²) >= 11 is 1.49. The molecule has 4 unspecified atom stereocenters. The Morgan fingerprint density at radius 1 is 1.29 bits per heavy atom. The van der Waals surface area contributed by atoms with Gasteiger partial charge in [0.1, 0.15) is 5.60 Å². The molecule has 4 aliphatic rings. The monoisotopic (exact) mass is 443 g/mol. The Labute approximate surface area is 186 Å². The summed E-state index contributed by atoms with van der Waals surface area (Å²) in [6.07, 6.45) is 5.34. The van der Waals surface area contributed by atoms with Crippen LogP contribution >= 0.6 is 11.3 Å². The summed E-state index contributed by atoms with van der Waals surface area (Å²) in [5.74, 6) is -0.417. The SMILES string of the molecule is CC(=O)c1sc(C2CCN(C(=O)C3C4C=CC5(CN(C(C)C)C(=O)C35)O4)CC2)nc1C. The molecule has 2 amide bonds. The smallest absolute Gasteiger partial charge is 0.230 e. The highest BCUT2D eigenvalue weighted by molar-refractivity contribution is 7.13. The molecule has 3 fully saturated rings. The van der Waals surface area contributed by atoms with Crippen LogP contribution in [0.4, 0.5) is 0 Å². The van der Waals surface area contributed by atoms with Crippen LogP contribution in [0, 0.1) is 18.8 Å². The lowest BCUT2D eigenvalue weighted by Crippen LogP contribution is -2.48. The molecule has 2 bridgehead atoms. The van der Waals surface area contributed by atoms with E-state index in [1.54, 1.807) is 6.92 Å². The summed E-state index contributed by atoms with van der Waals surface area (Å²) in [6, 6.07) is 0.0941. The molecule has 1 aromatic heterocycles. The number of likely N-dealkylation sites (tertiary alicyclic amines) is 2. The summed E-state index contributed by atoms with van der Waals surface area (Å²) in [7, 11) is 0. The van der Waals surface area contributed by atoms with Crippen LogP contribution in [0.5, 0.6) is 0 Å². The van der Waals surface area contributed by atoms with Crippen molar-refractivity contribution >= 4 is 28.9 Å². The number of rotatable bonds is 4. The van der Waals surface area contributed by atoms with Gasteiger partial charge in [0.15, 0.2) is 5.78 Å². The zero-order chi connectivity index (χ0) is 22.1. The minimum absolute atomic E-state index is 0.0402. The summed E-state index contributed by atoms with van der Waals surface area (Å²) in [5, 5.41) is 0.999. The number of aryl methyl sites for hydroxylation is 1. The molecule has 7 nitrogen and oxygen atoms in total. The maximum atomic E-state index is 13.5. The topological polar surface area (TPSA) is 79.8 Å². The van der Waals surface area contributed by atoms with Gasteiger partial charge in [0.2, 0.25) is 11.8 Å². The maximum absolute atomic E-state index is 13.5. The van der Waals surface area contributed by atoms with Crippen molar-refractivity contribution in [2.75, 3.05) is 19.6 Å². The molecule has 8 heteroatoms. The zero-order valence-electron chi connectivity index (χ0n) is 18.5. The average Bonchev–Trinajstić information content (AvgIpc) is 3.47. The van der Waals surface area contributed by atoms with Crippen molar-refractivity contribution in [1.29, 1.82) is 0 Å². The third-order valence-corrected chi connectivity index (χ3v) is 8.75. The Kier molecular flexibility index (Phi) is 4.86. The molecule has 31 heavy (non-hydrogen) atoms. The molecular weight excluding hydrogens is 414 g/mol. The average molecular weight is 444 g/mol. The minimum atomic E-state index is -0.633. The molecule has 0 N–H and O–H groups in total. The number of ketones is 1. The standard InChI is InChI=1S/C23H29N3O4S/c1-12(2)26-11-23-8-5-16(30-23)17(18(23)22(26)29)21(28)25-9-6-15(7-10-25)20-24-13(3)19(31-20)14(4)27/h5,8,12,15-18H,6-7,9-11H2,1-4H3. The molecule has 1 spiro atoms. The predicted octanol–water partition coefficient (Wildman–Crippen LogP) is 2.55. The first-order chi connectivity index (χ1) is 14.7. The Hall–Kier alpha value is -2.06. The minimum Gasteiger partial charge on any atom is -0.360 e. The van der Waals surface area contributed by atoms with E-state index in [1.807, 2.05) is 42.7 Å². The van der Waals surface area contributed by atoms with Gasteiger partial charge in [0.05, 0.1) is 40.1 Å². The number of fused-ring (bicyclic) bond motifs is 1. The number of hydrogen-bond donors (Lipinski definition) is 0. The maximum Gasteiger partial charge on any atom is 0.230 e. The van der Waals surface area contributed by atoms with Gasteiger partial charge in [-0.25, -0.2) is 4.98 Å². The Morgan fingerprint density at radius 2 is 2.00 bits per heavy atom. The fraction of sp³-hybridized carbons (Fsp3) is 0.652. The van der Waals surface area contributed by atoms with Crippen LogP contribution in [0.1, 0.15) is 59.9 Å². The number of thiazole rings is 1. The highest BCUT2D eigenvalue weighted by Crippen LogP contribution is 2.53. The van der Waals surface area contributed by atoms with Gasteiger partial charge < -0.3 is 14.5 Å². The van der Waals surface area contributed by atoms with E-state index in [2.05, 4.69) is 4.98 Å². The number of Topliss-reactive ketones (excluding diaryl/α,β-unsaturated/α-hetero) is 1. The van der Waals surface area contributed by atoms with E-state index in [1.165, 1.54) is 11.3 Å². The normalized spacial score (nSPS) is 32.4. The van der Waals surface area contributed by atoms with Crippen molar-refractivity contribution in [3.8, 4) is 0 Å². The van der Waals surface area contributed by atoms with E-state index >= 15 is 0 Å². The zero-order valence-corrected chi connectivity index (χ0v) is 19.3. The first-order valence-electron chi connectivity index (χ1n) is 11.2. The molecule has 0 radical (unpaired) electrons. The van der Waals surface area contributed by atoms with Crippen LogP contribution < -0.4 is 0 Å². The third kappa shape index (κ3) is 3.09. The van der Waals surface area contributed by atoms with Crippen LogP contribution in [0.2, 0.25) is 0 Å². The molecule has 0 aromatic carbocycles.